The third-order valence-corrected chi connectivity index (χ3v) is 4.81. The second kappa shape index (κ2) is 8.03. The average Bonchev–Trinajstić information content (AvgIpc) is 3.04. The smallest absolute Gasteiger partial charge is 0.232 e. The highest BCUT2D eigenvalue weighted by molar-refractivity contribution is 6.31. The highest BCUT2D eigenvalue weighted by atomic mass is 35.5. The monoisotopic (exact) mass is 378 g/mol. The molecule has 8 nitrogen and oxygen atoms in total. The predicted molar refractivity (Wildman–Crippen MR) is 101 cm³/mol. The number of rotatable bonds is 6. The molecule has 0 bridgehead atoms. The van der Waals surface area contributed by atoms with Crippen LogP contribution in [0.2, 0.25) is 5.02 Å². The highest BCUT2D eigenvalue weighted by Gasteiger charge is 2.34. The van der Waals surface area contributed by atoms with Gasteiger partial charge in [0.15, 0.2) is 0 Å². The lowest BCUT2D eigenvalue weighted by atomic mass is 10.1. The van der Waals surface area contributed by atoms with Crippen molar-refractivity contribution in [1.82, 2.24) is 20.3 Å². The molecule has 1 aliphatic heterocycles. The van der Waals surface area contributed by atoms with Crippen molar-refractivity contribution in [2.24, 2.45) is 0 Å². The zero-order valence-corrected chi connectivity index (χ0v) is 15.8. The number of halogens is 1. The molecule has 1 fully saturated rings. The molecule has 2 aromatic heterocycles. The first-order valence-corrected chi connectivity index (χ1v) is 8.71. The van der Waals surface area contributed by atoms with Crippen LogP contribution in [-0.2, 0) is 4.74 Å². The molecule has 3 atom stereocenters. The van der Waals surface area contributed by atoms with Crippen molar-refractivity contribution in [3.05, 3.63) is 35.1 Å². The Kier molecular flexibility index (Phi) is 5.75. The van der Waals surface area contributed by atoms with Gasteiger partial charge >= 0.3 is 0 Å². The summed E-state index contributed by atoms with van der Waals surface area (Å²) in [5.41, 5.74) is 6.68. The molecule has 1 saturated heterocycles. The fourth-order valence-electron chi connectivity index (χ4n) is 3.14. The van der Waals surface area contributed by atoms with Crippen LogP contribution in [0.5, 0.6) is 5.88 Å². The van der Waals surface area contributed by atoms with Crippen LogP contribution in [0.3, 0.4) is 0 Å². The van der Waals surface area contributed by atoms with E-state index in [1.54, 1.807) is 26.6 Å². The molecule has 0 spiro atoms. The van der Waals surface area contributed by atoms with Crippen LogP contribution in [0, 0.1) is 0 Å². The lowest BCUT2D eigenvalue weighted by Crippen LogP contribution is -2.41. The number of nitrogen functional groups attached to an aromatic ring is 1. The van der Waals surface area contributed by atoms with Gasteiger partial charge in [-0.25, -0.2) is 9.97 Å². The van der Waals surface area contributed by atoms with Gasteiger partial charge in [-0.3, -0.25) is 0 Å². The van der Waals surface area contributed by atoms with Crippen LogP contribution in [0.4, 0.5) is 11.8 Å². The minimum absolute atomic E-state index is 0.0234. The van der Waals surface area contributed by atoms with Crippen LogP contribution < -0.4 is 20.7 Å². The maximum Gasteiger partial charge on any atom is 0.232 e. The number of hydrogen-bond acceptors (Lipinski definition) is 8. The van der Waals surface area contributed by atoms with Gasteiger partial charge in [0.05, 0.1) is 19.3 Å². The lowest BCUT2D eigenvalue weighted by molar-refractivity contribution is 0.0938. The van der Waals surface area contributed by atoms with Crippen LogP contribution in [0.25, 0.3) is 0 Å². The zero-order valence-electron chi connectivity index (χ0n) is 15.0. The summed E-state index contributed by atoms with van der Waals surface area (Å²) in [6, 6.07) is 3.88. The van der Waals surface area contributed by atoms with E-state index in [2.05, 4.69) is 32.1 Å². The van der Waals surface area contributed by atoms with Gasteiger partial charge < -0.3 is 25.4 Å². The Balaban J connectivity index is 1.71. The summed E-state index contributed by atoms with van der Waals surface area (Å²) in [7, 11) is 3.26. The quantitative estimate of drug-likeness (QED) is 0.783. The minimum atomic E-state index is 0.0234. The van der Waals surface area contributed by atoms with Gasteiger partial charge in [-0.2, -0.15) is 4.98 Å². The Hall–Kier alpha value is -2.16. The average molecular weight is 379 g/mol. The van der Waals surface area contributed by atoms with E-state index in [0.717, 1.165) is 24.5 Å². The molecule has 140 valence electrons. The van der Waals surface area contributed by atoms with E-state index < -0.39 is 0 Å². The molecule has 26 heavy (non-hydrogen) atoms. The van der Waals surface area contributed by atoms with E-state index in [1.165, 1.54) is 0 Å². The Morgan fingerprint density at radius 3 is 2.81 bits per heavy atom. The summed E-state index contributed by atoms with van der Waals surface area (Å²) in [6.45, 7) is 3.54. The van der Waals surface area contributed by atoms with E-state index in [4.69, 9.17) is 26.8 Å². The third kappa shape index (κ3) is 3.98. The number of pyridine rings is 1. The molecule has 3 N–H and O–H groups in total. The molecule has 2 aromatic rings. The number of ether oxygens (including phenoxy) is 2. The maximum atomic E-state index is 6.19. The topological polar surface area (TPSA) is 98.4 Å². The number of anilines is 2. The molecule has 3 heterocycles. The number of nitrogens with two attached hydrogens (primary N) is 1. The normalized spacial score (nSPS) is 21.0. The fraction of sp³-hybridized carbons (Fsp3) is 0.471. The molecular weight excluding hydrogens is 356 g/mol. The van der Waals surface area contributed by atoms with Crippen molar-refractivity contribution in [3.63, 3.8) is 0 Å². The van der Waals surface area contributed by atoms with Gasteiger partial charge in [-0.15, -0.1) is 0 Å². The third-order valence-electron chi connectivity index (χ3n) is 4.54. The molecule has 1 unspecified atom stereocenters. The highest BCUT2D eigenvalue weighted by Crippen LogP contribution is 2.27. The van der Waals surface area contributed by atoms with E-state index in [0.29, 0.717) is 10.9 Å². The molecule has 9 heteroatoms. The first-order chi connectivity index (χ1) is 12.5. The predicted octanol–water partition coefficient (Wildman–Crippen LogP) is 1.67. The number of hydrogen-bond donors (Lipinski definition) is 2. The molecule has 0 saturated carbocycles. The zero-order chi connectivity index (χ0) is 18.7. The summed E-state index contributed by atoms with van der Waals surface area (Å²) in [5.74, 6) is 1.48. The molecular formula is C17H23ClN6O2. The number of nitrogens with zero attached hydrogens (tertiary/aromatic N) is 4. The lowest BCUT2D eigenvalue weighted by Gasteiger charge is -2.23. The summed E-state index contributed by atoms with van der Waals surface area (Å²) in [6.07, 6.45) is 3.45. The Morgan fingerprint density at radius 1 is 1.35 bits per heavy atom. The Labute approximate surface area is 157 Å². The van der Waals surface area contributed by atoms with Crippen molar-refractivity contribution in [1.29, 1.82) is 0 Å². The molecule has 0 radical (unpaired) electrons. The van der Waals surface area contributed by atoms with Crippen LogP contribution >= 0.6 is 11.6 Å². The SMILES string of the molecule is COc1ncc(C(C)N[C@H]2CN(c3ccnc(N)n3)C[C@H]2OC)cc1Cl. The minimum Gasteiger partial charge on any atom is -0.480 e. The Morgan fingerprint density at radius 2 is 2.15 bits per heavy atom. The van der Waals surface area contributed by atoms with Gasteiger partial charge in [-0.05, 0) is 24.6 Å². The number of aromatic nitrogens is 3. The summed E-state index contributed by atoms with van der Waals surface area (Å²) in [4.78, 5) is 14.6. The van der Waals surface area contributed by atoms with Crippen molar-refractivity contribution in [2.75, 3.05) is 37.9 Å². The fourth-order valence-corrected chi connectivity index (χ4v) is 3.40. The Bertz CT molecular complexity index is 762. The van der Waals surface area contributed by atoms with Gasteiger partial charge in [0.2, 0.25) is 11.8 Å². The van der Waals surface area contributed by atoms with Crippen molar-refractivity contribution in [2.45, 2.75) is 25.1 Å². The number of methoxy groups -OCH3 is 2. The molecule has 3 rings (SSSR count). The van der Waals surface area contributed by atoms with E-state index in [1.807, 2.05) is 12.1 Å². The summed E-state index contributed by atoms with van der Waals surface area (Å²) < 4.78 is 10.8. The second-order valence-corrected chi connectivity index (χ2v) is 6.61. The molecule has 1 aliphatic rings. The summed E-state index contributed by atoms with van der Waals surface area (Å²) in [5, 5.41) is 4.09. The molecule has 0 aliphatic carbocycles. The van der Waals surface area contributed by atoms with E-state index in [9.17, 15) is 0 Å². The van der Waals surface area contributed by atoms with Crippen LogP contribution in [-0.4, -0.2) is 54.4 Å². The number of nitrogens with one attached hydrogen (secondary N) is 1. The standard InChI is InChI=1S/C17H23ClN6O2/c1-10(11-6-12(18)16(26-3)21-7-11)22-13-8-24(9-14(13)25-2)15-4-5-20-17(19)23-15/h4-7,10,13-14,22H,8-9H2,1-3H3,(H2,19,20,23)/t10?,13-,14+/m0/s1. The van der Waals surface area contributed by atoms with Gasteiger partial charge in [0, 0.05) is 38.6 Å². The first kappa shape index (κ1) is 18.6. The molecule has 0 aromatic carbocycles. The van der Waals surface area contributed by atoms with Gasteiger partial charge in [-0.1, -0.05) is 11.6 Å². The van der Waals surface area contributed by atoms with Crippen molar-refractivity contribution < 1.29 is 9.47 Å². The second-order valence-electron chi connectivity index (χ2n) is 6.21. The maximum absolute atomic E-state index is 6.19. The largest absolute Gasteiger partial charge is 0.480 e. The first-order valence-electron chi connectivity index (χ1n) is 8.33. The van der Waals surface area contributed by atoms with Crippen LogP contribution in [0.1, 0.15) is 18.5 Å². The van der Waals surface area contributed by atoms with Gasteiger partial charge in [0.25, 0.3) is 0 Å². The summed E-state index contributed by atoms with van der Waals surface area (Å²) >= 11 is 6.19. The van der Waals surface area contributed by atoms with Gasteiger partial charge in [0.1, 0.15) is 10.8 Å². The van der Waals surface area contributed by atoms with Crippen molar-refractivity contribution in [3.8, 4) is 5.88 Å². The van der Waals surface area contributed by atoms with Crippen LogP contribution in [0.15, 0.2) is 24.5 Å². The van der Waals surface area contributed by atoms with E-state index in [-0.39, 0.29) is 24.1 Å². The van der Waals surface area contributed by atoms with E-state index >= 15 is 0 Å². The van der Waals surface area contributed by atoms with Crippen molar-refractivity contribution >= 4 is 23.4 Å². The molecule has 0 amide bonds.